The van der Waals surface area contributed by atoms with Gasteiger partial charge in [0.05, 0.1) is 23.6 Å². The van der Waals surface area contributed by atoms with Crippen LogP contribution in [0.1, 0.15) is 51.6 Å². The SMILES string of the molecule is CCOC(=O)c1ccc(C)c(NC(=O)c2ccc(C)c(N3CCCCS3(=O)=O)c2)c1. The Kier molecular flexibility index (Phi) is 6.45. The number of aryl methyl sites for hydroxylation is 2. The normalized spacial score (nSPS) is 15.5. The number of anilines is 2. The molecule has 0 aliphatic carbocycles. The molecule has 1 aliphatic heterocycles. The lowest BCUT2D eigenvalue weighted by molar-refractivity contribution is 0.0526. The van der Waals surface area contributed by atoms with Crippen LogP contribution < -0.4 is 9.62 Å². The maximum atomic E-state index is 12.9. The number of nitrogens with zero attached hydrogens (tertiary/aromatic N) is 1. The van der Waals surface area contributed by atoms with Crippen LogP contribution in [0, 0.1) is 13.8 Å². The molecule has 0 aromatic heterocycles. The molecule has 1 saturated heterocycles. The van der Waals surface area contributed by atoms with E-state index in [2.05, 4.69) is 5.32 Å². The zero-order chi connectivity index (χ0) is 21.9. The van der Waals surface area contributed by atoms with E-state index in [1.54, 1.807) is 43.3 Å². The number of hydrogen-bond donors (Lipinski definition) is 1. The Morgan fingerprint density at radius 1 is 1.03 bits per heavy atom. The number of esters is 1. The second-order valence-corrected chi connectivity index (χ2v) is 9.31. The predicted octanol–water partition coefficient (Wildman–Crippen LogP) is 3.66. The van der Waals surface area contributed by atoms with E-state index >= 15 is 0 Å². The van der Waals surface area contributed by atoms with Gasteiger partial charge in [0.25, 0.3) is 5.91 Å². The summed E-state index contributed by atoms with van der Waals surface area (Å²) in [5.74, 6) is -0.724. The minimum Gasteiger partial charge on any atom is -0.462 e. The first kappa shape index (κ1) is 21.8. The standard InChI is InChI=1S/C22H26N2O5S/c1-4-29-22(26)18-10-7-15(2)19(13-18)23-21(25)17-9-8-16(3)20(14-17)24-11-5-6-12-30(24,27)28/h7-10,13-14H,4-6,11-12H2,1-3H3,(H,23,25). The third-order valence-electron chi connectivity index (χ3n) is 5.09. The van der Waals surface area contributed by atoms with Crippen LogP contribution in [0.5, 0.6) is 0 Å². The molecule has 1 heterocycles. The average molecular weight is 431 g/mol. The highest BCUT2D eigenvalue weighted by Gasteiger charge is 2.27. The van der Waals surface area contributed by atoms with Gasteiger partial charge in [0.2, 0.25) is 10.0 Å². The van der Waals surface area contributed by atoms with Crippen LogP contribution in [0.2, 0.25) is 0 Å². The molecule has 2 aromatic rings. The summed E-state index contributed by atoms with van der Waals surface area (Å²) >= 11 is 0. The van der Waals surface area contributed by atoms with Crippen LogP contribution in [0.15, 0.2) is 36.4 Å². The first-order valence-electron chi connectivity index (χ1n) is 9.93. The van der Waals surface area contributed by atoms with Crippen LogP contribution >= 0.6 is 0 Å². The summed E-state index contributed by atoms with van der Waals surface area (Å²) < 4.78 is 31.4. The summed E-state index contributed by atoms with van der Waals surface area (Å²) in [6.07, 6.45) is 1.43. The van der Waals surface area contributed by atoms with E-state index in [4.69, 9.17) is 4.74 Å². The number of benzene rings is 2. The van der Waals surface area contributed by atoms with Crippen molar-refractivity contribution in [3.05, 3.63) is 58.7 Å². The van der Waals surface area contributed by atoms with Gasteiger partial charge in [0.15, 0.2) is 0 Å². The Labute approximate surface area is 177 Å². The van der Waals surface area contributed by atoms with Crippen molar-refractivity contribution < 1.29 is 22.7 Å². The van der Waals surface area contributed by atoms with Gasteiger partial charge < -0.3 is 10.1 Å². The smallest absolute Gasteiger partial charge is 0.338 e. The summed E-state index contributed by atoms with van der Waals surface area (Å²) in [7, 11) is -3.38. The van der Waals surface area contributed by atoms with Crippen LogP contribution in [-0.2, 0) is 14.8 Å². The third-order valence-corrected chi connectivity index (χ3v) is 6.94. The van der Waals surface area contributed by atoms with Gasteiger partial charge in [0.1, 0.15) is 0 Å². The van der Waals surface area contributed by atoms with Gasteiger partial charge in [-0.05, 0) is 69.0 Å². The Balaban J connectivity index is 1.88. The molecular weight excluding hydrogens is 404 g/mol. The number of ether oxygens (including phenoxy) is 1. The lowest BCUT2D eigenvalue weighted by atomic mass is 10.1. The molecule has 0 saturated carbocycles. The molecule has 2 aromatic carbocycles. The summed E-state index contributed by atoms with van der Waals surface area (Å²) in [4.78, 5) is 24.9. The van der Waals surface area contributed by atoms with Gasteiger partial charge in [-0.3, -0.25) is 9.10 Å². The van der Waals surface area contributed by atoms with Crippen molar-refractivity contribution in [2.45, 2.75) is 33.6 Å². The highest BCUT2D eigenvalue weighted by Crippen LogP contribution is 2.28. The van der Waals surface area contributed by atoms with E-state index in [0.717, 1.165) is 17.5 Å². The quantitative estimate of drug-likeness (QED) is 0.731. The summed E-state index contributed by atoms with van der Waals surface area (Å²) in [5.41, 5.74) is 3.30. The summed E-state index contributed by atoms with van der Waals surface area (Å²) in [6.45, 7) is 6.06. The second kappa shape index (κ2) is 8.87. The maximum Gasteiger partial charge on any atom is 0.338 e. The topological polar surface area (TPSA) is 92.8 Å². The number of carbonyl (C=O) groups is 2. The molecule has 1 fully saturated rings. The molecule has 1 amide bonds. The number of carbonyl (C=O) groups excluding carboxylic acids is 2. The maximum absolute atomic E-state index is 12.9. The Bertz CT molecular complexity index is 1080. The molecule has 1 aliphatic rings. The molecule has 0 spiro atoms. The molecule has 1 N–H and O–H groups in total. The molecule has 8 heteroatoms. The highest BCUT2D eigenvalue weighted by atomic mass is 32.2. The minimum atomic E-state index is -3.38. The van der Waals surface area contributed by atoms with E-state index in [1.807, 2.05) is 13.8 Å². The van der Waals surface area contributed by atoms with E-state index in [9.17, 15) is 18.0 Å². The fourth-order valence-electron chi connectivity index (χ4n) is 3.37. The third kappa shape index (κ3) is 4.64. The molecule has 30 heavy (non-hydrogen) atoms. The van der Waals surface area contributed by atoms with E-state index in [-0.39, 0.29) is 18.3 Å². The first-order chi connectivity index (χ1) is 14.2. The molecule has 7 nitrogen and oxygen atoms in total. The number of sulfonamides is 1. The zero-order valence-corrected chi connectivity index (χ0v) is 18.2. The molecule has 0 unspecified atom stereocenters. The molecule has 0 radical (unpaired) electrons. The highest BCUT2D eigenvalue weighted by molar-refractivity contribution is 7.92. The van der Waals surface area contributed by atoms with Crippen molar-refractivity contribution in [3.8, 4) is 0 Å². The van der Waals surface area contributed by atoms with Crippen molar-refractivity contribution in [3.63, 3.8) is 0 Å². The van der Waals surface area contributed by atoms with Crippen molar-refractivity contribution in [1.29, 1.82) is 0 Å². The van der Waals surface area contributed by atoms with E-state index in [0.29, 0.717) is 35.5 Å². The van der Waals surface area contributed by atoms with E-state index in [1.165, 1.54) is 4.31 Å². The predicted molar refractivity (Wildman–Crippen MR) is 117 cm³/mol. The molecule has 3 rings (SSSR count). The Hall–Kier alpha value is -2.87. The van der Waals surface area contributed by atoms with Crippen LogP contribution in [0.4, 0.5) is 11.4 Å². The van der Waals surface area contributed by atoms with Gasteiger partial charge in [-0.15, -0.1) is 0 Å². The molecule has 160 valence electrons. The lowest BCUT2D eigenvalue weighted by Gasteiger charge is -2.29. The van der Waals surface area contributed by atoms with E-state index < -0.39 is 16.0 Å². The minimum absolute atomic E-state index is 0.114. The van der Waals surface area contributed by atoms with Crippen LogP contribution in [-0.4, -0.2) is 39.2 Å². The van der Waals surface area contributed by atoms with Gasteiger partial charge in [-0.25, -0.2) is 13.2 Å². The summed E-state index contributed by atoms with van der Waals surface area (Å²) in [6, 6.07) is 9.98. The largest absolute Gasteiger partial charge is 0.462 e. The number of hydrogen-bond acceptors (Lipinski definition) is 5. The number of amides is 1. The monoisotopic (exact) mass is 430 g/mol. The average Bonchev–Trinajstić information content (AvgIpc) is 2.70. The van der Waals surface area contributed by atoms with Crippen molar-refractivity contribution in [2.24, 2.45) is 0 Å². The first-order valence-corrected chi connectivity index (χ1v) is 11.5. The van der Waals surface area contributed by atoms with Crippen molar-refractivity contribution in [2.75, 3.05) is 28.5 Å². The zero-order valence-electron chi connectivity index (χ0n) is 17.4. The Morgan fingerprint density at radius 3 is 2.43 bits per heavy atom. The van der Waals surface area contributed by atoms with Crippen molar-refractivity contribution in [1.82, 2.24) is 0 Å². The van der Waals surface area contributed by atoms with Crippen molar-refractivity contribution >= 4 is 33.3 Å². The molecular formula is C22H26N2O5S. The van der Waals surface area contributed by atoms with Gasteiger partial charge >= 0.3 is 5.97 Å². The number of rotatable bonds is 5. The molecule has 0 bridgehead atoms. The molecule has 0 atom stereocenters. The fourth-order valence-corrected chi connectivity index (χ4v) is 5.06. The van der Waals surface area contributed by atoms with Crippen LogP contribution in [0.25, 0.3) is 0 Å². The lowest BCUT2D eigenvalue weighted by Crippen LogP contribution is -2.38. The van der Waals surface area contributed by atoms with Gasteiger partial charge in [0, 0.05) is 17.8 Å². The summed E-state index contributed by atoms with van der Waals surface area (Å²) in [5, 5.41) is 2.82. The van der Waals surface area contributed by atoms with Crippen LogP contribution in [0.3, 0.4) is 0 Å². The Morgan fingerprint density at radius 2 is 1.73 bits per heavy atom. The number of nitrogens with one attached hydrogen (secondary N) is 1. The van der Waals surface area contributed by atoms with Gasteiger partial charge in [-0.2, -0.15) is 0 Å². The van der Waals surface area contributed by atoms with Gasteiger partial charge in [-0.1, -0.05) is 12.1 Å². The fraction of sp³-hybridized carbons (Fsp3) is 0.364. The second-order valence-electron chi connectivity index (χ2n) is 7.30.